The highest BCUT2D eigenvalue weighted by molar-refractivity contribution is 6.30. The molecule has 3 nitrogen and oxygen atoms in total. The second kappa shape index (κ2) is 6.17. The van der Waals surface area contributed by atoms with E-state index in [2.05, 4.69) is 5.43 Å². The monoisotopic (exact) mass is 298 g/mol. The van der Waals surface area contributed by atoms with E-state index in [4.69, 9.17) is 22.2 Å². The molecule has 0 amide bonds. The van der Waals surface area contributed by atoms with Crippen LogP contribution < -0.4 is 16.0 Å². The minimum atomic E-state index is -0.673. The summed E-state index contributed by atoms with van der Waals surface area (Å²) in [5, 5.41) is 0.492. The maximum atomic E-state index is 13.3. The molecule has 0 saturated heterocycles. The fourth-order valence-corrected chi connectivity index (χ4v) is 2.19. The Morgan fingerprint density at radius 2 is 1.80 bits per heavy atom. The fourth-order valence-electron chi connectivity index (χ4n) is 2.03. The zero-order valence-corrected chi connectivity index (χ0v) is 11.4. The van der Waals surface area contributed by atoms with Crippen LogP contribution in [0.15, 0.2) is 36.4 Å². The minimum absolute atomic E-state index is 0.352. The number of halogens is 3. The molecule has 0 fully saturated rings. The lowest BCUT2D eigenvalue weighted by Crippen LogP contribution is -2.29. The number of hydrazine groups is 1. The van der Waals surface area contributed by atoms with Crippen LogP contribution in [0.4, 0.5) is 8.78 Å². The summed E-state index contributed by atoms with van der Waals surface area (Å²) in [4.78, 5) is 0. The summed E-state index contributed by atoms with van der Waals surface area (Å²) in [5.41, 5.74) is 3.51. The first-order chi connectivity index (χ1) is 9.55. The van der Waals surface area contributed by atoms with Gasteiger partial charge in [0, 0.05) is 16.7 Å². The van der Waals surface area contributed by atoms with Crippen molar-refractivity contribution in [1.82, 2.24) is 5.43 Å². The van der Waals surface area contributed by atoms with E-state index in [9.17, 15) is 8.78 Å². The molecule has 1 atom stereocenters. The predicted molar refractivity (Wildman–Crippen MR) is 73.5 cm³/mol. The van der Waals surface area contributed by atoms with E-state index in [0.717, 1.165) is 6.07 Å². The van der Waals surface area contributed by atoms with Gasteiger partial charge in [-0.15, -0.1) is 0 Å². The van der Waals surface area contributed by atoms with Gasteiger partial charge in [-0.25, -0.2) is 14.2 Å². The highest BCUT2D eigenvalue weighted by Gasteiger charge is 2.18. The molecule has 0 radical (unpaired) electrons. The van der Waals surface area contributed by atoms with Crippen LogP contribution in [-0.4, -0.2) is 7.11 Å². The number of nitrogens with one attached hydrogen (secondary N) is 1. The molecule has 0 bridgehead atoms. The molecule has 2 aromatic carbocycles. The Morgan fingerprint density at radius 3 is 2.35 bits per heavy atom. The zero-order valence-electron chi connectivity index (χ0n) is 10.7. The van der Waals surface area contributed by atoms with Crippen molar-refractivity contribution in [2.24, 2.45) is 5.84 Å². The number of benzene rings is 2. The maximum Gasteiger partial charge on any atom is 0.126 e. The Kier molecular flexibility index (Phi) is 4.54. The Labute approximate surface area is 120 Å². The first kappa shape index (κ1) is 14.7. The summed E-state index contributed by atoms with van der Waals surface area (Å²) in [7, 11) is 1.48. The molecule has 20 heavy (non-hydrogen) atoms. The molecule has 0 saturated carbocycles. The molecule has 0 spiro atoms. The van der Waals surface area contributed by atoms with Crippen molar-refractivity contribution in [3.05, 3.63) is 64.2 Å². The minimum Gasteiger partial charge on any atom is -0.496 e. The molecule has 106 valence electrons. The third kappa shape index (κ3) is 3.07. The summed E-state index contributed by atoms with van der Waals surface area (Å²) in [6.07, 6.45) is 0. The van der Waals surface area contributed by atoms with Crippen molar-refractivity contribution in [3.8, 4) is 5.75 Å². The van der Waals surface area contributed by atoms with E-state index in [-0.39, 0.29) is 0 Å². The summed E-state index contributed by atoms with van der Waals surface area (Å²) in [6.45, 7) is 0. The standard InChI is InChI=1S/C14H13ClF2N2O/c1-20-13-6-9(15)2-3-12(13)14(19-18)8-4-10(16)7-11(17)5-8/h2-7,14,19H,18H2,1H3. The van der Waals surface area contributed by atoms with Gasteiger partial charge in [0.1, 0.15) is 17.4 Å². The maximum absolute atomic E-state index is 13.3. The summed E-state index contributed by atoms with van der Waals surface area (Å²) < 4.78 is 31.9. The largest absolute Gasteiger partial charge is 0.496 e. The van der Waals surface area contributed by atoms with Crippen LogP contribution in [0.25, 0.3) is 0 Å². The van der Waals surface area contributed by atoms with Crippen molar-refractivity contribution in [3.63, 3.8) is 0 Å². The van der Waals surface area contributed by atoms with E-state index in [1.165, 1.54) is 19.2 Å². The molecule has 0 aliphatic rings. The Bertz CT molecular complexity index is 602. The molecule has 3 N–H and O–H groups in total. The van der Waals surface area contributed by atoms with E-state index in [1.54, 1.807) is 18.2 Å². The van der Waals surface area contributed by atoms with Crippen molar-refractivity contribution in [1.29, 1.82) is 0 Å². The number of rotatable bonds is 4. The molecule has 0 aliphatic carbocycles. The SMILES string of the molecule is COc1cc(Cl)ccc1C(NN)c1cc(F)cc(F)c1. The zero-order chi connectivity index (χ0) is 14.7. The highest BCUT2D eigenvalue weighted by atomic mass is 35.5. The van der Waals surface area contributed by atoms with Crippen LogP contribution in [0, 0.1) is 11.6 Å². The van der Waals surface area contributed by atoms with Gasteiger partial charge in [-0.1, -0.05) is 17.7 Å². The van der Waals surface area contributed by atoms with Gasteiger partial charge in [0.2, 0.25) is 0 Å². The number of hydrogen-bond donors (Lipinski definition) is 2. The van der Waals surface area contributed by atoms with E-state index in [1.807, 2.05) is 0 Å². The van der Waals surface area contributed by atoms with Gasteiger partial charge in [0.25, 0.3) is 0 Å². The van der Waals surface area contributed by atoms with Crippen LogP contribution in [0.2, 0.25) is 5.02 Å². The Hall–Kier alpha value is -1.69. The normalized spacial score (nSPS) is 12.2. The topological polar surface area (TPSA) is 47.3 Å². The van der Waals surface area contributed by atoms with Crippen molar-refractivity contribution >= 4 is 11.6 Å². The molecule has 2 aromatic rings. The van der Waals surface area contributed by atoms with Gasteiger partial charge in [-0.2, -0.15) is 0 Å². The molecular formula is C14H13ClF2N2O. The van der Waals surface area contributed by atoms with Gasteiger partial charge in [0.05, 0.1) is 13.2 Å². The van der Waals surface area contributed by atoms with Crippen LogP contribution in [0.1, 0.15) is 17.2 Å². The average molecular weight is 299 g/mol. The highest BCUT2D eigenvalue weighted by Crippen LogP contribution is 2.32. The molecule has 6 heteroatoms. The van der Waals surface area contributed by atoms with E-state index in [0.29, 0.717) is 21.9 Å². The Balaban J connectivity index is 2.52. The van der Waals surface area contributed by atoms with E-state index < -0.39 is 17.7 Å². The number of ether oxygens (including phenoxy) is 1. The Morgan fingerprint density at radius 1 is 1.15 bits per heavy atom. The molecule has 2 rings (SSSR count). The third-order valence-electron chi connectivity index (χ3n) is 2.89. The first-order valence-electron chi connectivity index (χ1n) is 5.80. The van der Waals surface area contributed by atoms with Crippen LogP contribution in [-0.2, 0) is 0 Å². The molecule has 1 unspecified atom stereocenters. The lowest BCUT2D eigenvalue weighted by atomic mass is 9.98. The molecule has 0 aromatic heterocycles. The summed E-state index contributed by atoms with van der Waals surface area (Å²) >= 11 is 5.89. The van der Waals surface area contributed by atoms with Crippen LogP contribution >= 0.6 is 11.6 Å². The second-order valence-corrected chi connectivity index (χ2v) is 4.63. The van der Waals surface area contributed by atoms with Crippen molar-refractivity contribution in [2.75, 3.05) is 7.11 Å². The van der Waals surface area contributed by atoms with Gasteiger partial charge >= 0.3 is 0 Å². The number of hydrogen-bond acceptors (Lipinski definition) is 3. The third-order valence-corrected chi connectivity index (χ3v) is 3.13. The smallest absolute Gasteiger partial charge is 0.126 e. The van der Waals surface area contributed by atoms with Gasteiger partial charge in [0.15, 0.2) is 0 Å². The van der Waals surface area contributed by atoms with Crippen LogP contribution in [0.5, 0.6) is 5.75 Å². The quantitative estimate of drug-likeness (QED) is 0.673. The van der Waals surface area contributed by atoms with Gasteiger partial charge in [-0.05, 0) is 29.8 Å². The predicted octanol–water partition coefficient (Wildman–Crippen LogP) is 3.18. The summed E-state index contributed by atoms with van der Waals surface area (Å²) in [6, 6.07) is 7.55. The van der Waals surface area contributed by atoms with E-state index >= 15 is 0 Å². The van der Waals surface area contributed by atoms with Gasteiger partial charge < -0.3 is 4.74 Å². The first-order valence-corrected chi connectivity index (χ1v) is 6.18. The molecule has 0 aliphatic heterocycles. The van der Waals surface area contributed by atoms with Crippen LogP contribution in [0.3, 0.4) is 0 Å². The number of nitrogens with two attached hydrogens (primary N) is 1. The lowest BCUT2D eigenvalue weighted by Gasteiger charge is -2.20. The second-order valence-electron chi connectivity index (χ2n) is 4.19. The average Bonchev–Trinajstić information content (AvgIpc) is 2.40. The lowest BCUT2D eigenvalue weighted by molar-refractivity contribution is 0.404. The molecular weight excluding hydrogens is 286 g/mol. The van der Waals surface area contributed by atoms with Gasteiger partial charge in [-0.3, -0.25) is 5.84 Å². The fraction of sp³-hybridized carbons (Fsp3) is 0.143. The molecule has 0 heterocycles. The number of methoxy groups -OCH3 is 1. The van der Waals surface area contributed by atoms with Crippen molar-refractivity contribution in [2.45, 2.75) is 6.04 Å². The van der Waals surface area contributed by atoms with Crippen molar-refractivity contribution < 1.29 is 13.5 Å². The summed E-state index contributed by atoms with van der Waals surface area (Å²) in [5.74, 6) is 4.65.